The molecule has 5 heteroatoms. The van der Waals surface area contributed by atoms with Gasteiger partial charge in [0.2, 0.25) is 0 Å². The monoisotopic (exact) mass is 224 g/mol. The van der Waals surface area contributed by atoms with Gasteiger partial charge in [-0.2, -0.15) is 12.6 Å². The van der Waals surface area contributed by atoms with E-state index in [1.165, 1.54) is 0 Å². The zero-order valence-electron chi connectivity index (χ0n) is 8.36. The third kappa shape index (κ3) is 2.24. The quantitative estimate of drug-likeness (QED) is 0.612. The minimum absolute atomic E-state index is 0.412. The molecule has 15 heavy (non-hydrogen) atoms. The largest absolute Gasteiger partial charge is 0.417 e. The van der Waals surface area contributed by atoms with Crippen LogP contribution >= 0.6 is 12.6 Å². The molecule has 0 saturated heterocycles. The summed E-state index contributed by atoms with van der Waals surface area (Å²) in [5.41, 5.74) is 2.43. The van der Waals surface area contributed by atoms with Crippen molar-refractivity contribution < 1.29 is 4.42 Å². The maximum absolute atomic E-state index is 10.9. The van der Waals surface area contributed by atoms with Gasteiger partial charge in [0.15, 0.2) is 5.58 Å². The van der Waals surface area contributed by atoms with Crippen molar-refractivity contribution in [3.63, 3.8) is 0 Å². The van der Waals surface area contributed by atoms with Gasteiger partial charge >= 0.3 is 5.76 Å². The van der Waals surface area contributed by atoms with Crippen LogP contribution in [-0.2, 0) is 6.54 Å². The highest BCUT2D eigenvalue weighted by Gasteiger charge is 2.03. The molecule has 1 N–H and O–H groups in total. The Balaban J connectivity index is 2.34. The SMILES string of the molecule is CN(CS)Cc1ccc2[nH]c(=O)oc2c1. The molecule has 0 aliphatic rings. The lowest BCUT2D eigenvalue weighted by molar-refractivity contribution is 0.387. The van der Waals surface area contributed by atoms with E-state index in [4.69, 9.17) is 4.42 Å². The first-order chi connectivity index (χ1) is 7.19. The van der Waals surface area contributed by atoms with Crippen LogP contribution in [0.1, 0.15) is 5.56 Å². The number of hydrogen-bond donors (Lipinski definition) is 2. The topological polar surface area (TPSA) is 49.2 Å². The number of thiol groups is 1. The van der Waals surface area contributed by atoms with Crippen molar-refractivity contribution in [2.75, 3.05) is 12.9 Å². The molecule has 1 aromatic carbocycles. The first-order valence-corrected chi connectivity index (χ1v) is 5.23. The number of aromatic nitrogens is 1. The Morgan fingerprint density at radius 2 is 2.33 bits per heavy atom. The van der Waals surface area contributed by atoms with Gasteiger partial charge in [-0.05, 0) is 24.7 Å². The van der Waals surface area contributed by atoms with Gasteiger partial charge in [-0.25, -0.2) is 4.79 Å². The minimum atomic E-state index is -0.412. The van der Waals surface area contributed by atoms with Gasteiger partial charge in [0.1, 0.15) is 0 Å². The number of H-pyrrole nitrogens is 1. The lowest BCUT2D eigenvalue weighted by Crippen LogP contribution is -2.15. The Labute approximate surface area is 92.3 Å². The van der Waals surface area contributed by atoms with Gasteiger partial charge in [0.05, 0.1) is 5.52 Å². The van der Waals surface area contributed by atoms with E-state index in [2.05, 4.69) is 22.5 Å². The minimum Gasteiger partial charge on any atom is -0.408 e. The van der Waals surface area contributed by atoms with Gasteiger partial charge in [-0.1, -0.05) is 6.07 Å². The molecule has 0 atom stereocenters. The molecule has 1 aromatic heterocycles. The number of hydrogen-bond acceptors (Lipinski definition) is 4. The Bertz CT molecular complexity index is 517. The van der Waals surface area contributed by atoms with Crippen LogP contribution in [0.5, 0.6) is 0 Å². The van der Waals surface area contributed by atoms with Crippen molar-refractivity contribution in [2.24, 2.45) is 0 Å². The van der Waals surface area contributed by atoms with Crippen LogP contribution < -0.4 is 5.76 Å². The summed E-state index contributed by atoms with van der Waals surface area (Å²) < 4.78 is 4.98. The predicted molar refractivity (Wildman–Crippen MR) is 62.2 cm³/mol. The van der Waals surface area contributed by atoms with Gasteiger partial charge in [-0.15, -0.1) is 0 Å². The lowest BCUT2D eigenvalue weighted by atomic mass is 10.2. The van der Waals surface area contributed by atoms with Crippen LogP contribution in [0.15, 0.2) is 27.4 Å². The maximum Gasteiger partial charge on any atom is 0.417 e. The standard InChI is InChI=1S/C10H12N2O2S/c1-12(6-15)5-7-2-3-8-9(4-7)14-10(13)11-8/h2-4,15H,5-6H2,1H3,(H,11,13). The van der Waals surface area contributed by atoms with E-state index in [9.17, 15) is 4.79 Å². The fourth-order valence-electron chi connectivity index (χ4n) is 1.45. The van der Waals surface area contributed by atoms with Gasteiger partial charge < -0.3 is 4.42 Å². The summed E-state index contributed by atoms with van der Waals surface area (Å²) >= 11 is 4.17. The third-order valence-corrected chi connectivity index (χ3v) is 2.66. The lowest BCUT2D eigenvalue weighted by Gasteiger charge is -2.12. The fraction of sp³-hybridized carbons (Fsp3) is 0.300. The molecule has 0 aliphatic carbocycles. The Kier molecular flexibility index (Phi) is 2.83. The molecular weight excluding hydrogens is 212 g/mol. The smallest absolute Gasteiger partial charge is 0.408 e. The van der Waals surface area contributed by atoms with Gasteiger partial charge in [0, 0.05) is 12.4 Å². The van der Waals surface area contributed by atoms with Gasteiger partial charge in [-0.3, -0.25) is 9.88 Å². The number of nitrogens with one attached hydrogen (secondary N) is 1. The van der Waals surface area contributed by atoms with E-state index in [0.717, 1.165) is 17.6 Å². The highest BCUT2D eigenvalue weighted by molar-refractivity contribution is 7.80. The summed E-state index contributed by atoms with van der Waals surface area (Å²) in [6.45, 7) is 0.786. The number of oxazole rings is 1. The molecule has 0 bridgehead atoms. The molecule has 1 heterocycles. The molecule has 2 rings (SSSR count). The van der Waals surface area contributed by atoms with Crippen LogP contribution in [0.3, 0.4) is 0 Å². The van der Waals surface area contributed by atoms with Crippen molar-refractivity contribution in [1.82, 2.24) is 9.88 Å². The molecule has 0 radical (unpaired) electrons. The molecule has 0 amide bonds. The highest BCUT2D eigenvalue weighted by atomic mass is 32.1. The van der Waals surface area contributed by atoms with Crippen molar-refractivity contribution >= 4 is 23.7 Å². The summed E-state index contributed by atoms with van der Waals surface area (Å²) in [7, 11) is 1.98. The molecule has 0 fully saturated rings. The van der Waals surface area contributed by atoms with Crippen LogP contribution in [0, 0.1) is 0 Å². The van der Waals surface area contributed by atoms with Crippen molar-refractivity contribution in [3.8, 4) is 0 Å². The normalized spacial score (nSPS) is 11.4. The second kappa shape index (κ2) is 4.12. The number of nitrogens with zero attached hydrogens (tertiary/aromatic N) is 1. The zero-order chi connectivity index (χ0) is 10.8. The molecule has 80 valence electrons. The summed E-state index contributed by atoms with van der Waals surface area (Å²) in [5.74, 6) is 0.277. The van der Waals surface area contributed by atoms with Crippen molar-refractivity contribution in [3.05, 3.63) is 34.3 Å². The molecule has 0 unspecified atom stereocenters. The van der Waals surface area contributed by atoms with E-state index >= 15 is 0 Å². The van der Waals surface area contributed by atoms with Crippen LogP contribution in [0.4, 0.5) is 0 Å². The number of rotatable bonds is 3. The van der Waals surface area contributed by atoms with E-state index in [1.54, 1.807) is 0 Å². The molecule has 0 saturated carbocycles. The van der Waals surface area contributed by atoms with E-state index in [1.807, 2.05) is 25.2 Å². The fourth-order valence-corrected chi connectivity index (χ4v) is 1.55. The molecule has 4 nitrogen and oxygen atoms in total. The zero-order valence-corrected chi connectivity index (χ0v) is 9.25. The Hall–Kier alpha value is -1.20. The average molecular weight is 224 g/mol. The Morgan fingerprint density at radius 1 is 1.53 bits per heavy atom. The van der Waals surface area contributed by atoms with E-state index in [0.29, 0.717) is 11.5 Å². The summed E-state index contributed by atoms with van der Waals surface area (Å²) in [5, 5.41) is 0. The first kappa shape index (κ1) is 10.3. The number of aromatic amines is 1. The highest BCUT2D eigenvalue weighted by Crippen LogP contribution is 2.13. The van der Waals surface area contributed by atoms with Crippen LogP contribution in [0.25, 0.3) is 11.1 Å². The first-order valence-electron chi connectivity index (χ1n) is 4.60. The Morgan fingerprint density at radius 3 is 3.07 bits per heavy atom. The second-order valence-corrected chi connectivity index (χ2v) is 3.78. The maximum atomic E-state index is 10.9. The molecule has 0 aliphatic heterocycles. The summed E-state index contributed by atoms with van der Waals surface area (Å²) in [6.07, 6.45) is 0. The molecule has 0 spiro atoms. The van der Waals surface area contributed by atoms with E-state index < -0.39 is 5.76 Å². The van der Waals surface area contributed by atoms with E-state index in [-0.39, 0.29) is 0 Å². The second-order valence-electron chi connectivity index (χ2n) is 3.50. The molecule has 2 aromatic rings. The summed E-state index contributed by atoms with van der Waals surface area (Å²) in [6, 6.07) is 5.68. The predicted octanol–water partition coefficient (Wildman–Crippen LogP) is 1.44. The van der Waals surface area contributed by atoms with Crippen LogP contribution in [0.2, 0.25) is 0 Å². The van der Waals surface area contributed by atoms with Gasteiger partial charge in [0.25, 0.3) is 0 Å². The molecular formula is C10H12N2O2S. The summed E-state index contributed by atoms with van der Waals surface area (Å²) in [4.78, 5) is 15.6. The third-order valence-electron chi connectivity index (χ3n) is 2.18. The van der Waals surface area contributed by atoms with Crippen molar-refractivity contribution in [2.45, 2.75) is 6.54 Å². The number of benzene rings is 1. The van der Waals surface area contributed by atoms with Crippen LogP contribution in [-0.4, -0.2) is 22.8 Å². The average Bonchev–Trinajstić information content (AvgIpc) is 2.57. The number of fused-ring (bicyclic) bond motifs is 1. The van der Waals surface area contributed by atoms with Crippen molar-refractivity contribution in [1.29, 1.82) is 0 Å².